The molecule has 0 spiro atoms. The summed E-state index contributed by atoms with van der Waals surface area (Å²) in [6.07, 6.45) is 1.06. The molecule has 68 valence electrons. The predicted molar refractivity (Wildman–Crippen MR) is 40.7 cm³/mol. The van der Waals surface area contributed by atoms with Gasteiger partial charge in [-0.15, -0.1) is 0 Å². The summed E-state index contributed by atoms with van der Waals surface area (Å²) >= 11 is 0. The highest BCUT2D eigenvalue weighted by molar-refractivity contribution is 5.52. The number of rotatable bonds is 2. The van der Waals surface area contributed by atoms with Crippen LogP contribution in [-0.4, -0.2) is 13.2 Å². The first-order valence-electron chi connectivity index (χ1n) is 3.30. The lowest BCUT2D eigenvalue weighted by Gasteiger charge is -2.01. The quantitative estimate of drug-likeness (QED) is 0.521. The van der Waals surface area contributed by atoms with E-state index in [0.29, 0.717) is 0 Å². The molecule has 5 heteroatoms. The van der Waals surface area contributed by atoms with E-state index in [1.807, 2.05) is 0 Å². The maximum absolute atomic E-state index is 12.9. The van der Waals surface area contributed by atoms with Gasteiger partial charge in [0.1, 0.15) is 11.4 Å². The van der Waals surface area contributed by atoms with Gasteiger partial charge in [-0.1, -0.05) is 0 Å². The van der Waals surface area contributed by atoms with Crippen LogP contribution in [0.5, 0.6) is 5.75 Å². The molecule has 0 bridgehead atoms. The van der Waals surface area contributed by atoms with Crippen molar-refractivity contribution in [3.05, 3.63) is 23.8 Å². The zero-order valence-electron chi connectivity index (χ0n) is 6.67. The van der Waals surface area contributed by atoms with Gasteiger partial charge in [-0.2, -0.15) is 4.99 Å². The summed E-state index contributed by atoms with van der Waals surface area (Å²) in [5.41, 5.74) is -0.657. The third kappa shape index (κ3) is 1.89. The van der Waals surface area contributed by atoms with Gasteiger partial charge in [-0.3, -0.25) is 0 Å². The summed E-state index contributed by atoms with van der Waals surface area (Å²) in [5.74, 6) is -1.89. The van der Waals surface area contributed by atoms with E-state index in [0.717, 1.165) is 18.2 Å². The summed E-state index contributed by atoms with van der Waals surface area (Å²) in [7, 11) is 1.27. The standard InChI is InChI=1S/C8H5F2NO2/c1-13-5-2-6(9)8(11-4-12)7(10)3-5/h2-3H,1H3. The summed E-state index contributed by atoms with van der Waals surface area (Å²) in [6.45, 7) is 0. The number of nitrogens with zero attached hydrogens (tertiary/aromatic N) is 1. The van der Waals surface area contributed by atoms with Crippen molar-refractivity contribution in [3.8, 4) is 5.75 Å². The first-order chi connectivity index (χ1) is 6.19. The average Bonchev–Trinajstić information content (AvgIpc) is 2.11. The van der Waals surface area contributed by atoms with Gasteiger partial charge in [0, 0.05) is 12.1 Å². The van der Waals surface area contributed by atoms with Crippen molar-refractivity contribution < 1.29 is 18.3 Å². The Morgan fingerprint density at radius 2 is 1.92 bits per heavy atom. The molecule has 0 radical (unpaired) electrons. The molecule has 0 unspecified atom stereocenters. The number of ether oxygens (including phenoxy) is 1. The zero-order valence-corrected chi connectivity index (χ0v) is 6.67. The molecule has 0 N–H and O–H groups in total. The van der Waals surface area contributed by atoms with E-state index in [4.69, 9.17) is 0 Å². The van der Waals surface area contributed by atoms with Crippen molar-refractivity contribution in [3.63, 3.8) is 0 Å². The van der Waals surface area contributed by atoms with Crippen molar-refractivity contribution in [1.29, 1.82) is 0 Å². The molecule has 1 aromatic carbocycles. The van der Waals surface area contributed by atoms with Crippen molar-refractivity contribution in [1.82, 2.24) is 0 Å². The maximum Gasteiger partial charge on any atom is 0.240 e. The van der Waals surface area contributed by atoms with Crippen molar-refractivity contribution >= 4 is 11.8 Å². The second-order valence-corrected chi connectivity index (χ2v) is 2.14. The number of aliphatic imine (C=N–C) groups is 1. The SMILES string of the molecule is COc1cc(F)c(N=C=O)c(F)c1. The summed E-state index contributed by atoms with van der Waals surface area (Å²) < 4.78 is 30.4. The van der Waals surface area contributed by atoms with E-state index < -0.39 is 17.3 Å². The van der Waals surface area contributed by atoms with Gasteiger partial charge in [-0.25, -0.2) is 13.6 Å². The molecule has 0 aliphatic heterocycles. The van der Waals surface area contributed by atoms with Crippen molar-refractivity contribution in [2.45, 2.75) is 0 Å². The van der Waals surface area contributed by atoms with Gasteiger partial charge in [0.2, 0.25) is 6.08 Å². The van der Waals surface area contributed by atoms with Crippen LogP contribution < -0.4 is 4.74 Å². The van der Waals surface area contributed by atoms with Gasteiger partial charge in [-0.05, 0) is 0 Å². The monoisotopic (exact) mass is 185 g/mol. The molecule has 3 nitrogen and oxygen atoms in total. The van der Waals surface area contributed by atoms with Gasteiger partial charge >= 0.3 is 0 Å². The van der Waals surface area contributed by atoms with E-state index in [-0.39, 0.29) is 5.75 Å². The van der Waals surface area contributed by atoms with Gasteiger partial charge in [0.25, 0.3) is 0 Å². The van der Waals surface area contributed by atoms with Crippen LogP contribution in [0.25, 0.3) is 0 Å². The molecule has 13 heavy (non-hydrogen) atoms. The third-order valence-electron chi connectivity index (χ3n) is 1.38. The molecule has 0 saturated carbocycles. The zero-order chi connectivity index (χ0) is 9.84. The van der Waals surface area contributed by atoms with Crippen LogP contribution >= 0.6 is 0 Å². The fraction of sp³-hybridized carbons (Fsp3) is 0.125. The maximum atomic E-state index is 12.9. The van der Waals surface area contributed by atoms with Crippen molar-refractivity contribution in [2.24, 2.45) is 4.99 Å². The summed E-state index contributed by atoms with van der Waals surface area (Å²) in [5, 5.41) is 0. The number of benzene rings is 1. The molecule has 0 fully saturated rings. The van der Waals surface area contributed by atoms with E-state index in [9.17, 15) is 13.6 Å². The lowest BCUT2D eigenvalue weighted by atomic mass is 10.3. The molecule has 0 aromatic heterocycles. The first kappa shape index (κ1) is 9.35. The highest BCUT2D eigenvalue weighted by atomic mass is 19.1. The molecule has 0 saturated heterocycles. The Kier molecular flexibility index (Phi) is 2.72. The topological polar surface area (TPSA) is 38.7 Å². The molecule has 1 aromatic rings. The smallest absolute Gasteiger partial charge is 0.240 e. The number of hydrogen-bond acceptors (Lipinski definition) is 3. The molecule has 0 atom stereocenters. The first-order valence-corrected chi connectivity index (χ1v) is 3.30. The number of hydrogen-bond donors (Lipinski definition) is 0. The van der Waals surface area contributed by atoms with Gasteiger partial charge in [0.15, 0.2) is 11.6 Å². The average molecular weight is 185 g/mol. The molecular formula is C8H5F2NO2. The largest absolute Gasteiger partial charge is 0.497 e. The highest BCUT2D eigenvalue weighted by Gasteiger charge is 2.10. The number of isocyanates is 1. The normalized spacial score (nSPS) is 9.15. The van der Waals surface area contributed by atoms with Crippen LogP contribution in [0.1, 0.15) is 0 Å². The van der Waals surface area contributed by atoms with Crippen LogP contribution in [0.15, 0.2) is 17.1 Å². The lowest BCUT2D eigenvalue weighted by molar-refractivity contribution is 0.407. The Balaban J connectivity index is 3.30. The highest BCUT2D eigenvalue weighted by Crippen LogP contribution is 2.26. The Bertz CT molecular complexity index is 349. The van der Waals surface area contributed by atoms with Crippen LogP contribution in [-0.2, 0) is 4.79 Å². The number of carbonyl (C=O) groups excluding carboxylic acids is 1. The van der Waals surface area contributed by atoms with Crippen LogP contribution in [0, 0.1) is 11.6 Å². The van der Waals surface area contributed by atoms with Crippen molar-refractivity contribution in [2.75, 3.05) is 7.11 Å². The third-order valence-corrected chi connectivity index (χ3v) is 1.38. The van der Waals surface area contributed by atoms with Gasteiger partial charge in [0.05, 0.1) is 7.11 Å². The molecule has 0 aliphatic rings. The Labute approximate surface area is 72.7 Å². The van der Waals surface area contributed by atoms with Crippen LogP contribution in [0.2, 0.25) is 0 Å². The summed E-state index contributed by atoms with van der Waals surface area (Å²) in [6, 6.07) is 1.86. The van der Waals surface area contributed by atoms with E-state index >= 15 is 0 Å². The van der Waals surface area contributed by atoms with E-state index in [2.05, 4.69) is 9.73 Å². The minimum absolute atomic E-state index is 0.0276. The minimum atomic E-state index is -0.958. The van der Waals surface area contributed by atoms with Crippen LogP contribution in [0.3, 0.4) is 0 Å². The summed E-state index contributed by atoms with van der Waals surface area (Å²) in [4.78, 5) is 12.6. The fourth-order valence-electron chi connectivity index (χ4n) is 0.813. The minimum Gasteiger partial charge on any atom is -0.497 e. The second kappa shape index (κ2) is 3.78. The number of methoxy groups -OCH3 is 1. The Morgan fingerprint density at radius 3 is 2.31 bits per heavy atom. The molecule has 0 heterocycles. The Morgan fingerprint density at radius 1 is 1.38 bits per heavy atom. The molecule has 0 aliphatic carbocycles. The van der Waals surface area contributed by atoms with Gasteiger partial charge < -0.3 is 4.74 Å². The fourth-order valence-corrected chi connectivity index (χ4v) is 0.813. The predicted octanol–water partition coefficient (Wildman–Crippen LogP) is 1.94. The molecule has 1 rings (SSSR count). The number of halogens is 2. The van der Waals surface area contributed by atoms with Crippen LogP contribution in [0.4, 0.5) is 14.5 Å². The second-order valence-electron chi connectivity index (χ2n) is 2.14. The lowest BCUT2D eigenvalue weighted by Crippen LogP contribution is -1.88. The Hall–Kier alpha value is -1.74. The van der Waals surface area contributed by atoms with E-state index in [1.165, 1.54) is 7.11 Å². The van der Waals surface area contributed by atoms with E-state index in [1.54, 1.807) is 0 Å². The molecular weight excluding hydrogens is 180 g/mol. The molecule has 0 amide bonds.